The van der Waals surface area contributed by atoms with Crippen LogP contribution in [-0.2, 0) is 16.0 Å². The quantitative estimate of drug-likeness (QED) is 0.664. The van der Waals surface area contributed by atoms with Gasteiger partial charge in [-0.3, -0.25) is 9.69 Å². The van der Waals surface area contributed by atoms with Crippen molar-refractivity contribution < 1.29 is 9.53 Å². The molecule has 3 heteroatoms. The molecule has 1 saturated heterocycles. The van der Waals surface area contributed by atoms with Crippen LogP contribution in [0.25, 0.3) is 11.1 Å². The number of aryl methyl sites for hydroxylation is 1. The molecule has 1 fully saturated rings. The van der Waals surface area contributed by atoms with Crippen LogP contribution in [0.1, 0.15) is 45.2 Å². The molecule has 0 radical (unpaired) electrons. The van der Waals surface area contributed by atoms with Crippen LogP contribution in [0.2, 0.25) is 0 Å². The summed E-state index contributed by atoms with van der Waals surface area (Å²) in [5.74, 6) is -0.157. The molecule has 1 atom stereocenters. The molecule has 1 aliphatic heterocycles. The standard InChI is InChI=1S/C25H33NO2/c1-18-7-11-20(12-8-18)21-13-9-19(10-14-21)15-16-28-23(27)22-17-24(2,3)26(6)25(22,4)5/h7-14,22H,15-17H2,1-6H3. The molecule has 1 unspecified atom stereocenters. The molecule has 1 aliphatic rings. The van der Waals surface area contributed by atoms with Crippen molar-refractivity contribution in [2.75, 3.05) is 13.7 Å². The maximum atomic E-state index is 12.7. The summed E-state index contributed by atoms with van der Waals surface area (Å²) in [6.45, 7) is 11.2. The van der Waals surface area contributed by atoms with E-state index < -0.39 is 0 Å². The Bertz CT molecular complexity index is 819. The summed E-state index contributed by atoms with van der Waals surface area (Å²) in [5.41, 5.74) is 4.71. The van der Waals surface area contributed by atoms with Gasteiger partial charge < -0.3 is 4.74 Å². The average Bonchev–Trinajstić information content (AvgIpc) is 2.82. The first-order chi connectivity index (χ1) is 13.1. The molecule has 1 heterocycles. The van der Waals surface area contributed by atoms with Crippen LogP contribution >= 0.6 is 0 Å². The summed E-state index contributed by atoms with van der Waals surface area (Å²) in [5, 5.41) is 0. The number of carbonyl (C=O) groups is 1. The van der Waals surface area contributed by atoms with E-state index in [-0.39, 0.29) is 23.0 Å². The van der Waals surface area contributed by atoms with Crippen LogP contribution in [0.4, 0.5) is 0 Å². The minimum atomic E-state index is -0.184. The van der Waals surface area contributed by atoms with Gasteiger partial charge in [-0.05, 0) is 64.8 Å². The highest BCUT2D eigenvalue weighted by Gasteiger charge is 2.52. The number of likely N-dealkylation sites (tertiary alicyclic amines) is 1. The lowest BCUT2D eigenvalue weighted by molar-refractivity contribution is -0.150. The number of ether oxygens (including phenoxy) is 1. The van der Waals surface area contributed by atoms with E-state index in [1.165, 1.54) is 22.3 Å². The number of hydrogen-bond donors (Lipinski definition) is 0. The molecule has 0 spiro atoms. The van der Waals surface area contributed by atoms with Crippen molar-refractivity contribution in [3.63, 3.8) is 0 Å². The van der Waals surface area contributed by atoms with Crippen molar-refractivity contribution >= 4 is 5.97 Å². The molecule has 0 aromatic heterocycles. The molecule has 150 valence electrons. The Balaban J connectivity index is 1.55. The number of carbonyl (C=O) groups excluding carboxylic acids is 1. The second-order valence-corrected chi connectivity index (χ2v) is 9.26. The van der Waals surface area contributed by atoms with Crippen LogP contribution in [-0.4, -0.2) is 35.6 Å². The van der Waals surface area contributed by atoms with E-state index in [2.05, 4.69) is 95.1 Å². The number of rotatable bonds is 5. The molecule has 2 aromatic carbocycles. The molecular weight excluding hydrogens is 346 g/mol. The highest BCUT2D eigenvalue weighted by molar-refractivity contribution is 5.75. The van der Waals surface area contributed by atoms with Crippen LogP contribution in [0, 0.1) is 12.8 Å². The Morgan fingerprint density at radius 1 is 1.00 bits per heavy atom. The lowest BCUT2D eigenvalue weighted by Gasteiger charge is -2.37. The first kappa shape index (κ1) is 20.6. The van der Waals surface area contributed by atoms with E-state index in [4.69, 9.17) is 4.74 Å². The number of benzene rings is 2. The van der Waals surface area contributed by atoms with E-state index in [0.717, 1.165) is 12.8 Å². The fraction of sp³-hybridized carbons (Fsp3) is 0.480. The first-order valence-corrected chi connectivity index (χ1v) is 10.2. The Kier molecular flexibility index (Phi) is 5.67. The normalized spacial score (nSPS) is 20.9. The highest BCUT2D eigenvalue weighted by atomic mass is 16.5. The number of hydrogen-bond acceptors (Lipinski definition) is 3. The van der Waals surface area contributed by atoms with Crippen LogP contribution in [0.15, 0.2) is 48.5 Å². The topological polar surface area (TPSA) is 29.5 Å². The van der Waals surface area contributed by atoms with Gasteiger partial charge in [0.05, 0.1) is 12.5 Å². The average molecular weight is 380 g/mol. The molecule has 0 saturated carbocycles. The van der Waals surface area contributed by atoms with Gasteiger partial charge in [-0.1, -0.05) is 54.1 Å². The molecule has 3 rings (SSSR count). The molecule has 2 aromatic rings. The summed E-state index contributed by atoms with van der Waals surface area (Å²) >= 11 is 0. The van der Waals surface area contributed by atoms with E-state index in [1.807, 2.05) is 0 Å². The van der Waals surface area contributed by atoms with Gasteiger partial charge >= 0.3 is 5.97 Å². The van der Waals surface area contributed by atoms with E-state index in [9.17, 15) is 4.79 Å². The molecule has 3 nitrogen and oxygen atoms in total. The van der Waals surface area contributed by atoms with Crippen LogP contribution < -0.4 is 0 Å². The minimum Gasteiger partial charge on any atom is -0.465 e. The van der Waals surface area contributed by atoms with Gasteiger partial charge in [-0.15, -0.1) is 0 Å². The molecule has 0 bridgehead atoms. The Morgan fingerprint density at radius 2 is 1.54 bits per heavy atom. The van der Waals surface area contributed by atoms with Gasteiger partial charge in [0.25, 0.3) is 0 Å². The van der Waals surface area contributed by atoms with Gasteiger partial charge in [0.15, 0.2) is 0 Å². The third kappa shape index (κ3) is 4.15. The van der Waals surface area contributed by atoms with Crippen molar-refractivity contribution in [2.45, 2.75) is 58.5 Å². The summed E-state index contributed by atoms with van der Waals surface area (Å²) in [6, 6.07) is 17.1. The third-order valence-corrected chi connectivity index (χ3v) is 6.59. The van der Waals surface area contributed by atoms with Crippen LogP contribution in [0.3, 0.4) is 0 Å². The molecule has 0 amide bonds. The van der Waals surface area contributed by atoms with E-state index in [1.54, 1.807) is 0 Å². The zero-order valence-electron chi connectivity index (χ0n) is 18.1. The van der Waals surface area contributed by atoms with E-state index in [0.29, 0.717) is 6.61 Å². The Morgan fingerprint density at radius 3 is 2.04 bits per heavy atom. The monoisotopic (exact) mass is 379 g/mol. The highest BCUT2D eigenvalue weighted by Crippen LogP contribution is 2.44. The van der Waals surface area contributed by atoms with Crippen molar-refractivity contribution in [1.29, 1.82) is 0 Å². The second-order valence-electron chi connectivity index (χ2n) is 9.26. The fourth-order valence-electron chi connectivity index (χ4n) is 4.25. The molecule has 28 heavy (non-hydrogen) atoms. The minimum absolute atomic E-state index is 0.0129. The van der Waals surface area contributed by atoms with Crippen molar-refractivity contribution in [3.05, 3.63) is 59.7 Å². The van der Waals surface area contributed by atoms with Gasteiger partial charge in [0.2, 0.25) is 0 Å². The zero-order valence-corrected chi connectivity index (χ0v) is 18.1. The van der Waals surface area contributed by atoms with Crippen molar-refractivity contribution in [2.24, 2.45) is 5.92 Å². The predicted molar refractivity (Wildman–Crippen MR) is 115 cm³/mol. The lowest BCUT2D eigenvalue weighted by atomic mass is 9.87. The molecule has 0 aliphatic carbocycles. The molecule has 0 N–H and O–H groups in total. The number of nitrogens with zero attached hydrogens (tertiary/aromatic N) is 1. The predicted octanol–water partition coefficient (Wildman–Crippen LogP) is 5.26. The van der Waals surface area contributed by atoms with Crippen molar-refractivity contribution in [3.8, 4) is 11.1 Å². The SMILES string of the molecule is Cc1ccc(-c2ccc(CCOC(=O)C3CC(C)(C)N(C)C3(C)C)cc2)cc1. The smallest absolute Gasteiger partial charge is 0.310 e. The zero-order chi connectivity index (χ0) is 20.5. The second kappa shape index (κ2) is 7.71. The number of esters is 1. The molecular formula is C25H33NO2. The van der Waals surface area contributed by atoms with Gasteiger partial charge in [-0.25, -0.2) is 0 Å². The largest absolute Gasteiger partial charge is 0.465 e. The van der Waals surface area contributed by atoms with E-state index >= 15 is 0 Å². The third-order valence-electron chi connectivity index (χ3n) is 6.59. The Labute approximate surface area is 169 Å². The van der Waals surface area contributed by atoms with Crippen LogP contribution in [0.5, 0.6) is 0 Å². The Hall–Kier alpha value is -2.13. The van der Waals surface area contributed by atoms with Crippen molar-refractivity contribution in [1.82, 2.24) is 4.90 Å². The summed E-state index contributed by atoms with van der Waals surface area (Å²) in [4.78, 5) is 15.0. The summed E-state index contributed by atoms with van der Waals surface area (Å²) in [6.07, 6.45) is 1.58. The van der Waals surface area contributed by atoms with Gasteiger partial charge in [0, 0.05) is 17.5 Å². The summed E-state index contributed by atoms with van der Waals surface area (Å²) in [7, 11) is 2.10. The summed E-state index contributed by atoms with van der Waals surface area (Å²) < 4.78 is 5.67. The van der Waals surface area contributed by atoms with Gasteiger partial charge in [-0.2, -0.15) is 0 Å². The maximum Gasteiger partial charge on any atom is 0.310 e. The van der Waals surface area contributed by atoms with Gasteiger partial charge in [0.1, 0.15) is 0 Å². The fourth-order valence-corrected chi connectivity index (χ4v) is 4.25. The first-order valence-electron chi connectivity index (χ1n) is 10.2. The maximum absolute atomic E-state index is 12.7. The lowest BCUT2D eigenvalue weighted by Crippen LogP contribution is -2.48.